The minimum absolute atomic E-state index is 0.0848. The molecule has 3 heterocycles. The zero-order valence-electron chi connectivity index (χ0n) is 14.7. The van der Waals surface area contributed by atoms with Crippen molar-refractivity contribution in [1.29, 1.82) is 0 Å². The SMILES string of the molecule is O=C(O)Cc1ccc(Nc2nc(-c3c(F)cncc3F)nc3c2C(=O)NC3)cc1. The van der Waals surface area contributed by atoms with Gasteiger partial charge in [0.2, 0.25) is 0 Å². The smallest absolute Gasteiger partial charge is 0.307 e. The molecule has 1 aliphatic rings. The molecule has 0 bridgehead atoms. The van der Waals surface area contributed by atoms with Gasteiger partial charge in [-0.2, -0.15) is 0 Å². The molecule has 1 aromatic carbocycles. The average molecular weight is 397 g/mol. The predicted molar refractivity (Wildman–Crippen MR) is 97.4 cm³/mol. The van der Waals surface area contributed by atoms with Gasteiger partial charge in [0.05, 0.1) is 36.6 Å². The number of carbonyl (C=O) groups is 2. The number of rotatable bonds is 5. The number of aromatic nitrogens is 3. The maximum atomic E-state index is 14.1. The molecular weight excluding hydrogens is 384 g/mol. The molecule has 0 atom stereocenters. The van der Waals surface area contributed by atoms with Crippen LogP contribution in [0, 0.1) is 11.6 Å². The van der Waals surface area contributed by atoms with E-state index in [-0.39, 0.29) is 30.2 Å². The maximum absolute atomic E-state index is 14.1. The van der Waals surface area contributed by atoms with Crippen molar-refractivity contribution in [1.82, 2.24) is 20.3 Å². The summed E-state index contributed by atoms with van der Waals surface area (Å²) in [4.78, 5) is 34.7. The first-order valence-corrected chi connectivity index (χ1v) is 8.48. The molecule has 2 aromatic heterocycles. The van der Waals surface area contributed by atoms with Gasteiger partial charge in [0, 0.05) is 5.69 Å². The Bertz CT molecular complexity index is 1120. The van der Waals surface area contributed by atoms with Gasteiger partial charge in [0.1, 0.15) is 11.4 Å². The highest BCUT2D eigenvalue weighted by molar-refractivity contribution is 6.03. The topological polar surface area (TPSA) is 117 Å². The molecule has 29 heavy (non-hydrogen) atoms. The van der Waals surface area contributed by atoms with Crippen LogP contribution in [0.4, 0.5) is 20.3 Å². The van der Waals surface area contributed by atoms with E-state index < -0.39 is 29.1 Å². The van der Waals surface area contributed by atoms with Crippen molar-refractivity contribution in [2.45, 2.75) is 13.0 Å². The van der Waals surface area contributed by atoms with Crippen LogP contribution in [0.15, 0.2) is 36.7 Å². The number of benzene rings is 1. The lowest BCUT2D eigenvalue weighted by molar-refractivity contribution is -0.136. The highest BCUT2D eigenvalue weighted by Crippen LogP contribution is 2.30. The zero-order chi connectivity index (χ0) is 20.5. The summed E-state index contributed by atoms with van der Waals surface area (Å²) < 4.78 is 28.3. The lowest BCUT2D eigenvalue weighted by atomic mass is 10.1. The molecule has 0 unspecified atom stereocenters. The molecule has 0 fully saturated rings. The van der Waals surface area contributed by atoms with Gasteiger partial charge in [0.15, 0.2) is 17.5 Å². The van der Waals surface area contributed by atoms with E-state index in [1.807, 2.05) is 0 Å². The third-order valence-corrected chi connectivity index (χ3v) is 4.28. The second-order valence-electron chi connectivity index (χ2n) is 6.27. The molecular formula is C19H13F2N5O3. The van der Waals surface area contributed by atoms with Crippen molar-refractivity contribution in [3.05, 3.63) is 65.1 Å². The Kier molecular flexibility index (Phi) is 4.59. The molecule has 10 heteroatoms. The lowest BCUT2D eigenvalue weighted by Crippen LogP contribution is -2.14. The van der Waals surface area contributed by atoms with Crippen LogP contribution in [-0.2, 0) is 17.8 Å². The summed E-state index contributed by atoms with van der Waals surface area (Å²) in [7, 11) is 0. The second-order valence-corrected chi connectivity index (χ2v) is 6.27. The Morgan fingerprint density at radius 1 is 1.10 bits per heavy atom. The van der Waals surface area contributed by atoms with Crippen molar-refractivity contribution < 1.29 is 23.5 Å². The summed E-state index contributed by atoms with van der Waals surface area (Å²) in [5, 5.41) is 14.4. The number of carbonyl (C=O) groups excluding carboxylic acids is 1. The number of pyridine rings is 1. The second kappa shape index (κ2) is 7.23. The van der Waals surface area contributed by atoms with E-state index in [0.29, 0.717) is 16.9 Å². The Balaban J connectivity index is 1.76. The van der Waals surface area contributed by atoms with E-state index >= 15 is 0 Å². The number of anilines is 2. The fourth-order valence-corrected chi connectivity index (χ4v) is 2.97. The van der Waals surface area contributed by atoms with Crippen molar-refractivity contribution in [3.63, 3.8) is 0 Å². The number of hydrogen-bond donors (Lipinski definition) is 3. The van der Waals surface area contributed by atoms with Gasteiger partial charge in [-0.1, -0.05) is 12.1 Å². The van der Waals surface area contributed by atoms with Crippen LogP contribution in [0.5, 0.6) is 0 Å². The first-order chi connectivity index (χ1) is 13.9. The number of aliphatic carboxylic acids is 1. The van der Waals surface area contributed by atoms with Crippen LogP contribution in [0.2, 0.25) is 0 Å². The summed E-state index contributed by atoms with van der Waals surface area (Å²) in [6, 6.07) is 6.46. The lowest BCUT2D eigenvalue weighted by Gasteiger charge is -2.12. The standard InChI is InChI=1S/C19H13F2N5O3/c20-11-6-22-7-12(21)15(11)17-25-13-8-23-19(29)16(13)18(26-17)24-10-3-1-9(2-4-10)5-14(27)28/h1-4,6-7H,5,8H2,(H,23,29)(H,27,28)(H,24,25,26). The minimum atomic E-state index is -0.956. The van der Waals surface area contributed by atoms with Gasteiger partial charge in [0.25, 0.3) is 5.91 Å². The summed E-state index contributed by atoms with van der Waals surface area (Å²) >= 11 is 0. The Morgan fingerprint density at radius 3 is 2.45 bits per heavy atom. The highest BCUT2D eigenvalue weighted by Gasteiger charge is 2.28. The first-order valence-electron chi connectivity index (χ1n) is 8.48. The number of nitrogens with zero attached hydrogens (tertiary/aromatic N) is 3. The number of halogens is 2. The highest BCUT2D eigenvalue weighted by atomic mass is 19.1. The normalized spacial score (nSPS) is 12.4. The van der Waals surface area contributed by atoms with Crippen LogP contribution in [-0.4, -0.2) is 31.9 Å². The minimum Gasteiger partial charge on any atom is -0.481 e. The first kappa shape index (κ1) is 18.4. The largest absolute Gasteiger partial charge is 0.481 e. The predicted octanol–water partition coefficient (Wildman–Crippen LogP) is 2.43. The molecule has 146 valence electrons. The molecule has 3 N–H and O–H groups in total. The third-order valence-electron chi connectivity index (χ3n) is 4.28. The zero-order valence-corrected chi connectivity index (χ0v) is 14.7. The summed E-state index contributed by atoms with van der Waals surface area (Å²) in [5.41, 5.74) is 1.15. The molecule has 1 amide bonds. The number of amides is 1. The van der Waals surface area contributed by atoms with Crippen molar-refractivity contribution in [2.24, 2.45) is 0 Å². The van der Waals surface area contributed by atoms with Gasteiger partial charge < -0.3 is 15.7 Å². The number of carboxylic acids is 1. The number of nitrogens with one attached hydrogen (secondary N) is 2. The number of hydrogen-bond acceptors (Lipinski definition) is 6. The Morgan fingerprint density at radius 2 is 1.79 bits per heavy atom. The number of carboxylic acid groups (broad SMARTS) is 1. The van der Waals surface area contributed by atoms with Gasteiger partial charge >= 0.3 is 5.97 Å². The van der Waals surface area contributed by atoms with Crippen LogP contribution in [0.3, 0.4) is 0 Å². The average Bonchev–Trinajstić information content (AvgIpc) is 3.04. The third kappa shape index (κ3) is 3.59. The summed E-state index contributed by atoms with van der Waals surface area (Å²) in [6.07, 6.45) is 1.58. The van der Waals surface area contributed by atoms with E-state index in [2.05, 4.69) is 25.6 Å². The van der Waals surface area contributed by atoms with Crippen molar-refractivity contribution >= 4 is 23.4 Å². The molecule has 8 nitrogen and oxygen atoms in total. The van der Waals surface area contributed by atoms with Crippen LogP contribution in [0.1, 0.15) is 21.6 Å². The van der Waals surface area contributed by atoms with Crippen LogP contribution >= 0.6 is 0 Å². The summed E-state index contributed by atoms with van der Waals surface area (Å²) in [5.74, 6) is -3.35. The van der Waals surface area contributed by atoms with E-state index in [0.717, 1.165) is 12.4 Å². The van der Waals surface area contributed by atoms with E-state index in [1.165, 1.54) is 0 Å². The molecule has 0 radical (unpaired) electrons. The molecule has 0 aliphatic carbocycles. The van der Waals surface area contributed by atoms with E-state index in [4.69, 9.17) is 5.11 Å². The van der Waals surface area contributed by atoms with Crippen molar-refractivity contribution in [3.8, 4) is 11.4 Å². The fourth-order valence-electron chi connectivity index (χ4n) is 2.97. The molecule has 1 aliphatic heterocycles. The molecule has 4 rings (SSSR count). The van der Waals surface area contributed by atoms with Gasteiger partial charge in [-0.15, -0.1) is 0 Å². The van der Waals surface area contributed by atoms with E-state index in [9.17, 15) is 18.4 Å². The van der Waals surface area contributed by atoms with Gasteiger partial charge in [-0.05, 0) is 17.7 Å². The molecule has 3 aromatic rings. The Labute approximate surface area is 162 Å². The van der Waals surface area contributed by atoms with Crippen LogP contribution < -0.4 is 10.6 Å². The molecule has 0 saturated carbocycles. The van der Waals surface area contributed by atoms with Crippen molar-refractivity contribution in [2.75, 3.05) is 5.32 Å². The van der Waals surface area contributed by atoms with Gasteiger partial charge in [-0.3, -0.25) is 14.6 Å². The Hall–Kier alpha value is -3.95. The molecule has 0 saturated heterocycles. The number of fused-ring (bicyclic) bond motifs is 1. The van der Waals surface area contributed by atoms with E-state index in [1.54, 1.807) is 24.3 Å². The monoisotopic (exact) mass is 397 g/mol. The van der Waals surface area contributed by atoms with Crippen LogP contribution in [0.25, 0.3) is 11.4 Å². The summed E-state index contributed by atoms with van der Waals surface area (Å²) in [6.45, 7) is 0.101. The quantitative estimate of drug-likeness (QED) is 0.605. The fraction of sp³-hybridized carbons (Fsp3) is 0.105. The molecule has 0 spiro atoms. The van der Waals surface area contributed by atoms with Gasteiger partial charge in [-0.25, -0.2) is 18.7 Å². The maximum Gasteiger partial charge on any atom is 0.307 e.